The second kappa shape index (κ2) is 5.26. The molecule has 1 aliphatic heterocycles. The Balaban J connectivity index is 2.13. The number of carbonyl (C=O) groups excluding carboxylic acids is 1. The van der Waals surface area contributed by atoms with Crippen molar-refractivity contribution in [1.29, 1.82) is 0 Å². The quantitative estimate of drug-likeness (QED) is 0.904. The smallest absolute Gasteiger partial charge is 0.311 e. The van der Waals surface area contributed by atoms with Crippen molar-refractivity contribution in [2.24, 2.45) is 11.3 Å². The summed E-state index contributed by atoms with van der Waals surface area (Å²) in [6.45, 7) is 6.36. The number of likely N-dealkylation sites (tertiary alicyclic amines) is 1. The van der Waals surface area contributed by atoms with Crippen molar-refractivity contribution in [2.45, 2.75) is 33.2 Å². The lowest BCUT2D eigenvalue weighted by molar-refractivity contribution is -0.151. The number of hydrogen-bond donors (Lipinski definition) is 1. The maximum absolute atomic E-state index is 12.4. The largest absolute Gasteiger partial charge is 0.481 e. The van der Waals surface area contributed by atoms with Crippen LogP contribution in [-0.4, -0.2) is 44.8 Å². The molecule has 2 atom stereocenters. The lowest BCUT2D eigenvalue weighted by Gasteiger charge is -2.29. The van der Waals surface area contributed by atoms with E-state index in [1.54, 1.807) is 35.0 Å². The zero-order chi connectivity index (χ0) is 14.9. The monoisotopic (exact) mass is 279 g/mol. The molecule has 6 nitrogen and oxygen atoms in total. The van der Waals surface area contributed by atoms with Crippen LogP contribution in [0, 0.1) is 11.3 Å². The highest BCUT2D eigenvalue weighted by atomic mass is 16.4. The molecule has 110 valence electrons. The van der Waals surface area contributed by atoms with E-state index >= 15 is 0 Å². The van der Waals surface area contributed by atoms with E-state index in [0.29, 0.717) is 13.0 Å². The number of nitrogens with zero attached hydrogens (tertiary/aromatic N) is 3. The number of hydrogen-bond acceptors (Lipinski definition) is 3. The molecule has 0 spiro atoms. The molecule has 1 amide bonds. The van der Waals surface area contributed by atoms with E-state index in [1.165, 1.54) is 0 Å². The van der Waals surface area contributed by atoms with Gasteiger partial charge in [-0.1, -0.05) is 13.8 Å². The van der Waals surface area contributed by atoms with Crippen LogP contribution in [0.2, 0.25) is 0 Å². The Labute approximate surface area is 118 Å². The van der Waals surface area contributed by atoms with Crippen LogP contribution in [0.1, 0.15) is 33.2 Å². The van der Waals surface area contributed by atoms with E-state index in [4.69, 9.17) is 0 Å². The number of carboxylic acid groups (broad SMARTS) is 1. The van der Waals surface area contributed by atoms with Crippen molar-refractivity contribution in [2.75, 3.05) is 13.1 Å². The highest BCUT2D eigenvalue weighted by molar-refractivity contribution is 5.83. The molecule has 2 rings (SSSR count). The van der Waals surface area contributed by atoms with E-state index in [9.17, 15) is 14.7 Å². The third-order valence-electron chi connectivity index (χ3n) is 4.42. The summed E-state index contributed by atoms with van der Waals surface area (Å²) in [5.74, 6) is -0.884. The first-order valence-corrected chi connectivity index (χ1v) is 6.90. The minimum absolute atomic E-state index is 0.00203. The standard InChI is InChI=1S/C14H21N3O3/c1-10(2)14(13(19)20)5-8-16(9-14)12(18)11(3)17-7-4-6-15-17/h4,6-7,10-11H,5,8-9H2,1-3H3,(H,19,20). The second-order valence-corrected chi connectivity index (χ2v) is 5.79. The maximum Gasteiger partial charge on any atom is 0.311 e. The van der Waals surface area contributed by atoms with E-state index in [-0.39, 0.29) is 18.4 Å². The molecule has 2 unspecified atom stereocenters. The second-order valence-electron chi connectivity index (χ2n) is 5.79. The first kappa shape index (κ1) is 14.6. The fourth-order valence-electron chi connectivity index (χ4n) is 2.80. The number of carboxylic acids is 1. The van der Waals surface area contributed by atoms with Gasteiger partial charge in [-0.3, -0.25) is 14.3 Å². The predicted molar refractivity (Wildman–Crippen MR) is 73.0 cm³/mol. The van der Waals surface area contributed by atoms with Crippen LogP contribution in [0.5, 0.6) is 0 Å². The molecule has 20 heavy (non-hydrogen) atoms. The molecule has 1 N–H and O–H groups in total. The Morgan fingerprint density at radius 3 is 2.50 bits per heavy atom. The van der Waals surface area contributed by atoms with Gasteiger partial charge < -0.3 is 10.0 Å². The third kappa shape index (κ3) is 2.30. The van der Waals surface area contributed by atoms with Gasteiger partial charge in [0.2, 0.25) is 5.91 Å². The Hall–Kier alpha value is -1.85. The van der Waals surface area contributed by atoms with Gasteiger partial charge in [-0.15, -0.1) is 0 Å². The van der Waals surface area contributed by atoms with Crippen LogP contribution in [0.3, 0.4) is 0 Å². The maximum atomic E-state index is 12.4. The van der Waals surface area contributed by atoms with Gasteiger partial charge in [0.25, 0.3) is 0 Å². The summed E-state index contributed by atoms with van der Waals surface area (Å²) in [6, 6.07) is 1.37. The molecule has 0 aliphatic carbocycles. The van der Waals surface area contributed by atoms with Crippen molar-refractivity contribution in [3.63, 3.8) is 0 Å². The van der Waals surface area contributed by atoms with Crippen molar-refractivity contribution >= 4 is 11.9 Å². The zero-order valence-corrected chi connectivity index (χ0v) is 12.1. The number of amides is 1. The number of rotatable bonds is 4. The molecule has 1 aromatic rings. The molecular formula is C14H21N3O3. The van der Waals surface area contributed by atoms with Crippen LogP contribution in [0.15, 0.2) is 18.5 Å². The van der Waals surface area contributed by atoms with Gasteiger partial charge in [0.05, 0.1) is 5.41 Å². The Morgan fingerprint density at radius 2 is 2.05 bits per heavy atom. The third-order valence-corrected chi connectivity index (χ3v) is 4.42. The van der Waals surface area contributed by atoms with Crippen LogP contribution < -0.4 is 0 Å². The summed E-state index contributed by atoms with van der Waals surface area (Å²) in [7, 11) is 0. The highest BCUT2D eigenvalue weighted by Gasteiger charge is 2.49. The van der Waals surface area contributed by atoms with Gasteiger partial charge in [-0.05, 0) is 25.3 Å². The molecule has 1 saturated heterocycles. The zero-order valence-electron chi connectivity index (χ0n) is 12.1. The topological polar surface area (TPSA) is 75.4 Å². The minimum atomic E-state index is -0.820. The Bertz CT molecular complexity index is 498. The molecule has 0 aromatic carbocycles. The Kier molecular flexibility index (Phi) is 3.83. The van der Waals surface area contributed by atoms with Crippen molar-refractivity contribution in [1.82, 2.24) is 14.7 Å². The van der Waals surface area contributed by atoms with E-state index in [1.807, 2.05) is 13.8 Å². The summed E-state index contributed by atoms with van der Waals surface area (Å²) in [4.78, 5) is 25.7. The molecular weight excluding hydrogens is 258 g/mol. The van der Waals surface area contributed by atoms with Gasteiger partial charge in [0.15, 0.2) is 0 Å². The van der Waals surface area contributed by atoms with Crippen LogP contribution in [0.25, 0.3) is 0 Å². The van der Waals surface area contributed by atoms with Crippen LogP contribution >= 0.6 is 0 Å². The average Bonchev–Trinajstić information content (AvgIpc) is 3.06. The summed E-state index contributed by atoms with van der Waals surface area (Å²) in [5, 5.41) is 13.6. The van der Waals surface area contributed by atoms with Crippen LogP contribution in [-0.2, 0) is 9.59 Å². The SMILES string of the molecule is CC(C(=O)N1CCC(C(=O)O)(C(C)C)C1)n1cccn1. The first-order valence-electron chi connectivity index (χ1n) is 6.90. The number of aliphatic carboxylic acids is 1. The molecule has 1 fully saturated rings. The highest BCUT2D eigenvalue weighted by Crippen LogP contribution is 2.38. The molecule has 6 heteroatoms. The van der Waals surface area contributed by atoms with Crippen molar-refractivity contribution in [3.8, 4) is 0 Å². The van der Waals surface area contributed by atoms with Gasteiger partial charge in [0.1, 0.15) is 6.04 Å². The van der Waals surface area contributed by atoms with Gasteiger partial charge >= 0.3 is 5.97 Å². The van der Waals surface area contributed by atoms with Gasteiger partial charge in [0, 0.05) is 25.5 Å². The Morgan fingerprint density at radius 1 is 1.35 bits per heavy atom. The molecule has 1 aliphatic rings. The van der Waals surface area contributed by atoms with Crippen molar-refractivity contribution in [3.05, 3.63) is 18.5 Å². The van der Waals surface area contributed by atoms with Crippen molar-refractivity contribution < 1.29 is 14.7 Å². The van der Waals surface area contributed by atoms with Crippen LogP contribution in [0.4, 0.5) is 0 Å². The predicted octanol–water partition coefficient (Wildman–Crippen LogP) is 1.40. The minimum Gasteiger partial charge on any atom is -0.481 e. The number of aromatic nitrogens is 2. The van der Waals surface area contributed by atoms with E-state index in [2.05, 4.69) is 5.10 Å². The van der Waals surface area contributed by atoms with Gasteiger partial charge in [-0.2, -0.15) is 5.10 Å². The summed E-state index contributed by atoms with van der Waals surface area (Å²) >= 11 is 0. The molecule has 0 saturated carbocycles. The average molecular weight is 279 g/mol. The summed E-state index contributed by atoms with van der Waals surface area (Å²) < 4.78 is 1.60. The fraction of sp³-hybridized carbons (Fsp3) is 0.643. The van der Waals surface area contributed by atoms with E-state index in [0.717, 1.165) is 0 Å². The molecule has 2 heterocycles. The van der Waals surface area contributed by atoms with Gasteiger partial charge in [-0.25, -0.2) is 0 Å². The lowest BCUT2D eigenvalue weighted by Crippen LogP contribution is -2.42. The first-order chi connectivity index (χ1) is 9.38. The summed E-state index contributed by atoms with van der Waals surface area (Å²) in [6.07, 6.45) is 3.88. The van der Waals surface area contributed by atoms with E-state index < -0.39 is 17.4 Å². The molecule has 0 radical (unpaired) electrons. The molecule has 0 bridgehead atoms. The normalized spacial score (nSPS) is 24.1. The molecule has 1 aromatic heterocycles. The lowest BCUT2D eigenvalue weighted by atomic mass is 9.76. The fourth-order valence-corrected chi connectivity index (χ4v) is 2.80. The number of carbonyl (C=O) groups is 2. The summed E-state index contributed by atoms with van der Waals surface area (Å²) in [5.41, 5.74) is -0.820.